The summed E-state index contributed by atoms with van der Waals surface area (Å²) in [5.74, 6) is 0. The van der Waals surface area contributed by atoms with Crippen LogP contribution in [0, 0.1) is 0 Å². The molecule has 2 aromatic heterocycles. The number of rotatable bonds is 1. The Hall–Kier alpha value is -1.36. The van der Waals surface area contributed by atoms with Gasteiger partial charge in [-0.25, -0.2) is 4.79 Å². The summed E-state index contributed by atoms with van der Waals surface area (Å²) < 4.78 is 1.84. The van der Waals surface area contributed by atoms with Crippen LogP contribution in [0.1, 0.15) is 19.9 Å². The number of nitrogens with zero attached hydrogens (tertiary/aromatic N) is 1. The standard InChI is InChI=1S/C9H10N2O2S/c1-5(2)11-8(12)7-6(3-4-14-7)10-9(11)13/h3-5H,1-2H3,(H,10,13). The predicted molar refractivity (Wildman–Crippen MR) is 57.1 cm³/mol. The van der Waals surface area contributed by atoms with Crippen LogP contribution in [-0.4, -0.2) is 9.55 Å². The van der Waals surface area contributed by atoms with E-state index in [9.17, 15) is 9.59 Å². The number of hydrogen-bond donors (Lipinski definition) is 1. The van der Waals surface area contributed by atoms with E-state index < -0.39 is 0 Å². The molecule has 0 amide bonds. The van der Waals surface area contributed by atoms with Crippen molar-refractivity contribution in [3.8, 4) is 0 Å². The average Bonchev–Trinajstić information content (AvgIpc) is 2.50. The maximum Gasteiger partial charge on any atom is 0.329 e. The van der Waals surface area contributed by atoms with Crippen molar-refractivity contribution in [2.75, 3.05) is 0 Å². The summed E-state index contributed by atoms with van der Waals surface area (Å²) in [6, 6.07) is 1.63. The number of H-pyrrole nitrogens is 1. The van der Waals surface area contributed by atoms with Gasteiger partial charge in [0.05, 0.1) is 5.52 Å². The lowest BCUT2D eigenvalue weighted by Crippen LogP contribution is -2.35. The largest absolute Gasteiger partial charge is 0.329 e. The van der Waals surface area contributed by atoms with Gasteiger partial charge in [-0.05, 0) is 25.3 Å². The molecule has 0 fully saturated rings. The van der Waals surface area contributed by atoms with Gasteiger partial charge in [0, 0.05) is 6.04 Å². The molecule has 2 aromatic rings. The zero-order valence-electron chi connectivity index (χ0n) is 7.90. The van der Waals surface area contributed by atoms with Crippen molar-refractivity contribution in [1.82, 2.24) is 9.55 Å². The molecule has 74 valence electrons. The number of aromatic amines is 1. The van der Waals surface area contributed by atoms with Gasteiger partial charge < -0.3 is 4.98 Å². The molecule has 2 rings (SSSR count). The van der Waals surface area contributed by atoms with Gasteiger partial charge in [0.2, 0.25) is 0 Å². The molecule has 0 aliphatic carbocycles. The minimum Gasteiger partial charge on any atom is -0.306 e. The van der Waals surface area contributed by atoms with Gasteiger partial charge in [-0.2, -0.15) is 0 Å². The lowest BCUT2D eigenvalue weighted by Gasteiger charge is -2.07. The molecule has 0 aliphatic rings. The summed E-state index contributed by atoms with van der Waals surface area (Å²) in [5, 5.41) is 1.80. The first-order valence-corrected chi connectivity index (χ1v) is 5.21. The first kappa shape index (κ1) is 9.21. The molecule has 1 N–H and O–H groups in total. The Morgan fingerprint density at radius 1 is 1.43 bits per heavy atom. The normalized spacial score (nSPS) is 11.4. The van der Waals surface area contributed by atoms with Gasteiger partial charge in [0.15, 0.2) is 0 Å². The van der Waals surface area contributed by atoms with E-state index in [4.69, 9.17) is 0 Å². The number of nitrogens with one attached hydrogen (secondary N) is 1. The van der Waals surface area contributed by atoms with Gasteiger partial charge in [-0.1, -0.05) is 0 Å². The molecule has 0 aromatic carbocycles. The smallest absolute Gasteiger partial charge is 0.306 e. The van der Waals surface area contributed by atoms with Crippen LogP contribution in [0.15, 0.2) is 21.0 Å². The third-order valence-electron chi connectivity index (χ3n) is 2.06. The van der Waals surface area contributed by atoms with Crippen LogP contribution in [0.25, 0.3) is 10.2 Å². The molecule has 0 unspecified atom stereocenters. The highest BCUT2D eigenvalue weighted by Crippen LogP contribution is 2.12. The Balaban J connectivity index is 2.97. The first-order valence-electron chi connectivity index (χ1n) is 4.33. The fraction of sp³-hybridized carbons (Fsp3) is 0.333. The highest BCUT2D eigenvalue weighted by Gasteiger charge is 2.10. The first-order chi connectivity index (χ1) is 6.61. The second-order valence-electron chi connectivity index (χ2n) is 3.36. The molecule has 0 aliphatic heterocycles. The number of hydrogen-bond acceptors (Lipinski definition) is 3. The Kier molecular flexibility index (Phi) is 2.03. The van der Waals surface area contributed by atoms with Crippen molar-refractivity contribution >= 4 is 21.6 Å². The summed E-state index contributed by atoms with van der Waals surface area (Å²) in [6.45, 7) is 3.63. The van der Waals surface area contributed by atoms with Crippen LogP contribution in [0.5, 0.6) is 0 Å². The van der Waals surface area contributed by atoms with Crippen molar-refractivity contribution in [1.29, 1.82) is 0 Å². The van der Waals surface area contributed by atoms with Gasteiger partial charge in [-0.15, -0.1) is 11.3 Å². The summed E-state index contributed by atoms with van der Waals surface area (Å²) in [5.41, 5.74) is 0.0894. The number of fused-ring (bicyclic) bond motifs is 1. The van der Waals surface area contributed by atoms with E-state index in [0.29, 0.717) is 10.2 Å². The summed E-state index contributed by atoms with van der Waals surface area (Å²) in [7, 11) is 0. The monoisotopic (exact) mass is 210 g/mol. The van der Waals surface area contributed by atoms with Crippen LogP contribution >= 0.6 is 11.3 Å². The molecule has 4 nitrogen and oxygen atoms in total. The van der Waals surface area contributed by atoms with Gasteiger partial charge in [-0.3, -0.25) is 9.36 Å². The Labute approximate surface area is 83.8 Å². The fourth-order valence-corrected chi connectivity index (χ4v) is 2.20. The molecule has 5 heteroatoms. The van der Waals surface area contributed by atoms with Crippen molar-refractivity contribution < 1.29 is 0 Å². The molecule has 14 heavy (non-hydrogen) atoms. The quantitative estimate of drug-likeness (QED) is 0.772. The van der Waals surface area contributed by atoms with E-state index in [1.165, 1.54) is 15.9 Å². The minimum absolute atomic E-state index is 0.113. The Morgan fingerprint density at radius 3 is 2.79 bits per heavy atom. The molecule has 0 bridgehead atoms. The Bertz CT molecular complexity index is 576. The molecule has 0 saturated heterocycles. The Morgan fingerprint density at radius 2 is 2.14 bits per heavy atom. The minimum atomic E-state index is -0.337. The van der Waals surface area contributed by atoms with Crippen LogP contribution in [0.3, 0.4) is 0 Å². The van der Waals surface area contributed by atoms with E-state index in [-0.39, 0.29) is 17.3 Å². The molecule has 0 saturated carbocycles. The molecule has 0 radical (unpaired) electrons. The molecular weight excluding hydrogens is 200 g/mol. The highest BCUT2D eigenvalue weighted by atomic mass is 32.1. The molecule has 0 atom stereocenters. The molecule has 0 spiro atoms. The SMILES string of the molecule is CC(C)n1c(=O)[nH]c2ccsc2c1=O. The van der Waals surface area contributed by atoms with Gasteiger partial charge in [0.1, 0.15) is 4.70 Å². The zero-order chi connectivity index (χ0) is 10.3. The van der Waals surface area contributed by atoms with Crippen molar-refractivity contribution in [3.63, 3.8) is 0 Å². The summed E-state index contributed by atoms with van der Waals surface area (Å²) >= 11 is 1.35. The lowest BCUT2D eigenvalue weighted by atomic mass is 10.4. The van der Waals surface area contributed by atoms with E-state index in [2.05, 4.69) is 4.98 Å². The van der Waals surface area contributed by atoms with E-state index in [1.54, 1.807) is 11.4 Å². The van der Waals surface area contributed by atoms with E-state index >= 15 is 0 Å². The fourth-order valence-electron chi connectivity index (χ4n) is 1.42. The van der Waals surface area contributed by atoms with Gasteiger partial charge >= 0.3 is 5.69 Å². The second kappa shape index (κ2) is 3.09. The lowest BCUT2D eigenvalue weighted by molar-refractivity contribution is 0.553. The zero-order valence-corrected chi connectivity index (χ0v) is 8.72. The summed E-state index contributed by atoms with van der Waals surface area (Å²) in [4.78, 5) is 26.0. The highest BCUT2D eigenvalue weighted by molar-refractivity contribution is 7.17. The van der Waals surface area contributed by atoms with E-state index in [0.717, 1.165) is 0 Å². The predicted octanol–water partition coefficient (Wildman–Crippen LogP) is 1.33. The second-order valence-corrected chi connectivity index (χ2v) is 4.28. The maximum absolute atomic E-state index is 11.8. The van der Waals surface area contributed by atoms with Crippen molar-refractivity contribution in [2.45, 2.75) is 19.9 Å². The summed E-state index contributed by atoms with van der Waals surface area (Å²) in [6.07, 6.45) is 0. The van der Waals surface area contributed by atoms with Crippen LogP contribution in [0.4, 0.5) is 0 Å². The topological polar surface area (TPSA) is 54.9 Å². The van der Waals surface area contributed by atoms with Crippen LogP contribution in [0.2, 0.25) is 0 Å². The average molecular weight is 210 g/mol. The van der Waals surface area contributed by atoms with Crippen molar-refractivity contribution in [3.05, 3.63) is 32.3 Å². The third-order valence-corrected chi connectivity index (χ3v) is 2.96. The van der Waals surface area contributed by atoms with Crippen LogP contribution < -0.4 is 11.2 Å². The molecule has 2 heterocycles. The van der Waals surface area contributed by atoms with Gasteiger partial charge in [0.25, 0.3) is 5.56 Å². The molecular formula is C9H10N2O2S. The maximum atomic E-state index is 11.8. The third kappa shape index (κ3) is 1.21. The van der Waals surface area contributed by atoms with Crippen LogP contribution in [-0.2, 0) is 0 Å². The van der Waals surface area contributed by atoms with E-state index in [1.807, 2.05) is 13.8 Å². The number of aromatic nitrogens is 2. The van der Waals surface area contributed by atoms with Crippen molar-refractivity contribution in [2.24, 2.45) is 0 Å². The number of thiophene rings is 1.